The van der Waals surface area contributed by atoms with Crippen molar-refractivity contribution in [2.24, 2.45) is 0 Å². The van der Waals surface area contributed by atoms with Crippen molar-refractivity contribution in [3.63, 3.8) is 0 Å². The fourth-order valence-corrected chi connectivity index (χ4v) is 3.06. The third-order valence-corrected chi connectivity index (χ3v) is 4.55. The molecule has 0 atom stereocenters. The molecule has 0 heterocycles. The maximum Gasteiger partial charge on any atom is 0.387 e. The number of alkyl halides is 2. The SMILES string of the molecule is FC(F)Oc1ccc(CCNC(=S)NCCSc2ccccc2)cc1. The molecule has 3 nitrogen and oxygen atoms in total. The van der Waals surface area contributed by atoms with Crippen LogP contribution in [0.5, 0.6) is 5.75 Å². The van der Waals surface area contributed by atoms with E-state index in [2.05, 4.69) is 27.5 Å². The highest BCUT2D eigenvalue weighted by Crippen LogP contribution is 2.16. The molecule has 0 saturated carbocycles. The summed E-state index contributed by atoms with van der Waals surface area (Å²) in [6.45, 7) is -1.34. The second-order valence-corrected chi connectivity index (χ2v) is 6.69. The molecule has 0 aromatic heterocycles. The van der Waals surface area contributed by atoms with Crippen LogP contribution in [0, 0.1) is 0 Å². The lowest BCUT2D eigenvalue weighted by Gasteiger charge is -2.11. The Bertz CT molecular complexity index is 639. The largest absolute Gasteiger partial charge is 0.435 e. The number of nitrogens with one attached hydrogen (secondary N) is 2. The van der Waals surface area contributed by atoms with Crippen molar-refractivity contribution in [1.29, 1.82) is 0 Å². The lowest BCUT2D eigenvalue weighted by Crippen LogP contribution is -2.37. The van der Waals surface area contributed by atoms with E-state index in [4.69, 9.17) is 12.2 Å². The Morgan fingerprint density at radius 2 is 1.68 bits per heavy atom. The average molecular weight is 383 g/mol. The summed E-state index contributed by atoms with van der Waals surface area (Å²) in [5.41, 5.74) is 1.02. The average Bonchev–Trinajstić information content (AvgIpc) is 2.61. The smallest absolute Gasteiger partial charge is 0.387 e. The molecule has 0 spiro atoms. The van der Waals surface area contributed by atoms with Gasteiger partial charge in [0.25, 0.3) is 0 Å². The highest BCUT2D eigenvalue weighted by molar-refractivity contribution is 7.99. The van der Waals surface area contributed by atoms with Gasteiger partial charge in [-0.05, 0) is 48.5 Å². The molecule has 0 saturated heterocycles. The molecule has 0 aliphatic carbocycles. The molecule has 25 heavy (non-hydrogen) atoms. The molecular formula is C18H20F2N2OS2. The Morgan fingerprint density at radius 3 is 2.36 bits per heavy atom. The van der Waals surface area contributed by atoms with Crippen LogP contribution in [-0.2, 0) is 6.42 Å². The van der Waals surface area contributed by atoms with Crippen molar-refractivity contribution in [2.45, 2.75) is 17.9 Å². The topological polar surface area (TPSA) is 33.3 Å². The van der Waals surface area contributed by atoms with Crippen molar-refractivity contribution in [3.05, 3.63) is 60.2 Å². The van der Waals surface area contributed by atoms with Crippen LogP contribution in [0.2, 0.25) is 0 Å². The molecule has 7 heteroatoms. The van der Waals surface area contributed by atoms with Crippen LogP contribution < -0.4 is 15.4 Å². The molecule has 2 aromatic rings. The van der Waals surface area contributed by atoms with Gasteiger partial charge in [0.05, 0.1) is 0 Å². The van der Waals surface area contributed by atoms with Crippen LogP contribution >= 0.6 is 24.0 Å². The number of thiocarbonyl (C=S) groups is 1. The molecule has 2 N–H and O–H groups in total. The number of halogens is 2. The maximum absolute atomic E-state index is 12.1. The van der Waals surface area contributed by atoms with E-state index in [0.29, 0.717) is 11.7 Å². The van der Waals surface area contributed by atoms with Gasteiger partial charge in [-0.1, -0.05) is 30.3 Å². The van der Waals surface area contributed by atoms with E-state index >= 15 is 0 Å². The van der Waals surface area contributed by atoms with Crippen LogP contribution in [0.1, 0.15) is 5.56 Å². The van der Waals surface area contributed by atoms with Crippen LogP contribution in [0.3, 0.4) is 0 Å². The van der Waals surface area contributed by atoms with E-state index in [1.54, 1.807) is 36.0 Å². The first-order valence-corrected chi connectivity index (χ1v) is 9.26. The van der Waals surface area contributed by atoms with Crippen molar-refractivity contribution in [3.8, 4) is 5.75 Å². The molecule has 134 valence electrons. The van der Waals surface area contributed by atoms with Gasteiger partial charge in [-0.3, -0.25) is 0 Å². The van der Waals surface area contributed by atoms with Crippen LogP contribution in [0.4, 0.5) is 8.78 Å². The zero-order valence-electron chi connectivity index (χ0n) is 13.6. The summed E-state index contributed by atoms with van der Waals surface area (Å²) in [6.07, 6.45) is 0.746. The minimum absolute atomic E-state index is 0.166. The summed E-state index contributed by atoms with van der Waals surface area (Å²) < 4.78 is 28.5. The highest BCUT2D eigenvalue weighted by atomic mass is 32.2. The minimum Gasteiger partial charge on any atom is -0.435 e. The normalized spacial score (nSPS) is 10.5. The second kappa shape index (κ2) is 10.9. The van der Waals surface area contributed by atoms with Gasteiger partial charge in [0.15, 0.2) is 5.11 Å². The summed E-state index contributed by atoms with van der Waals surface area (Å²) in [5.74, 6) is 1.09. The third-order valence-electron chi connectivity index (χ3n) is 3.25. The zero-order valence-corrected chi connectivity index (χ0v) is 15.2. The number of rotatable bonds is 9. The highest BCUT2D eigenvalue weighted by Gasteiger charge is 2.03. The molecule has 2 aromatic carbocycles. The first-order chi connectivity index (χ1) is 12.1. The molecule has 0 amide bonds. The first kappa shape index (κ1) is 19.5. The van der Waals surface area contributed by atoms with Gasteiger partial charge in [-0.2, -0.15) is 8.78 Å². The minimum atomic E-state index is -2.80. The molecule has 0 aliphatic rings. The molecule has 0 aliphatic heterocycles. The van der Waals surface area contributed by atoms with Gasteiger partial charge >= 0.3 is 6.61 Å². The fraction of sp³-hybridized carbons (Fsp3) is 0.278. The maximum atomic E-state index is 12.1. The van der Waals surface area contributed by atoms with Crippen molar-refractivity contribution in [2.75, 3.05) is 18.8 Å². The molecule has 0 radical (unpaired) electrons. The van der Waals surface area contributed by atoms with Gasteiger partial charge in [-0.15, -0.1) is 11.8 Å². The van der Waals surface area contributed by atoms with Gasteiger partial charge in [-0.25, -0.2) is 0 Å². The Kier molecular flexibility index (Phi) is 8.48. The summed E-state index contributed by atoms with van der Waals surface area (Å²) in [6, 6.07) is 16.8. The van der Waals surface area contributed by atoms with E-state index in [-0.39, 0.29) is 5.75 Å². The quantitative estimate of drug-likeness (QED) is 0.388. The first-order valence-electron chi connectivity index (χ1n) is 7.87. The van der Waals surface area contributed by atoms with Gasteiger partial charge < -0.3 is 15.4 Å². The van der Waals surface area contributed by atoms with Crippen LogP contribution in [-0.4, -0.2) is 30.6 Å². The number of benzene rings is 2. The van der Waals surface area contributed by atoms with Crippen molar-refractivity contribution >= 4 is 29.1 Å². The van der Waals surface area contributed by atoms with E-state index in [9.17, 15) is 8.78 Å². The van der Waals surface area contributed by atoms with Crippen molar-refractivity contribution < 1.29 is 13.5 Å². The Morgan fingerprint density at radius 1 is 1.00 bits per heavy atom. The molecule has 0 bridgehead atoms. The predicted octanol–water partition coefficient (Wildman–Crippen LogP) is 4.09. The second-order valence-electron chi connectivity index (χ2n) is 5.12. The molecule has 2 rings (SSSR count). The van der Waals surface area contributed by atoms with Crippen LogP contribution in [0.15, 0.2) is 59.5 Å². The van der Waals surface area contributed by atoms with Gasteiger partial charge in [0.1, 0.15) is 5.75 Å². The van der Waals surface area contributed by atoms with Crippen LogP contribution in [0.25, 0.3) is 0 Å². The predicted molar refractivity (Wildman–Crippen MR) is 103 cm³/mol. The summed E-state index contributed by atoms with van der Waals surface area (Å²) in [7, 11) is 0. The Hall–Kier alpha value is -1.86. The Labute approximate surface area is 156 Å². The van der Waals surface area contributed by atoms with E-state index in [1.165, 1.54) is 4.90 Å². The lowest BCUT2D eigenvalue weighted by molar-refractivity contribution is -0.0498. The standard InChI is InChI=1S/C18H20F2N2OS2/c19-17(20)23-15-8-6-14(7-9-15)10-11-21-18(24)22-12-13-25-16-4-2-1-3-5-16/h1-9,17H,10-13H2,(H2,21,22,24). The van der Waals surface area contributed by atoms with E-state index < -0.39 is 6.61 Å². The lowest BCUT2D eigenvalue weighted by atomic mass is 10.1. The van der Waals surface area contributed by atoms with Crippen molar-refractivity contribution in [1.82, 2.24) is 10.6 Å². The molecular weight excluding hydrogens is 362 g/mol. The number of ether oxygens (including phenoxy) is 1. The summed E-state index contributed by atoms with van der Waals surface area (Å²) in [5, 5.41) is 6.92. The van der Waals surface area contributed by atoms with Gasteiger partial charge in [0, 0.05) is 23.7 Å². The number of hydrogen-bond donors (Lipinski definition) is 2. The number of thioether (sulfide) groups is 1. The summed E-state index contributed by atoms with van der Waals surface area (Å²) >= 11 is 7.01. The zero-order chi connectivity index (χ0) is 17.9. The van der Waals surface area contributed by atoms with E-state index in [1.807, 2.05) is 18.2 Å². The van der Waals surface area contributed by atoms with E-state index in [0.717, 1.165) is 24.3 Å². The third kappa shape index (κ3) is 8.18. The summed E-state index contributed by atoms with van der Waals surface area (Å²) in [4.78, 5) is 1.24. The molecule has 0 unspecified atom stereocenters. The fourth-order valence-electron chi connectivity index (χ4n) is 2.07. The van der Waals surface area contributed by atoms with Gasteiger partial charge in [0.2, 0.25) is 0 Å². The molecule has 0 fully saturated rings. The Balaban J connectivity index is 1.57. The number of hydrogen-bond acceptors (Lipinski definition) is 3. The monoisotopic (exact) mass is 382 g/mol.